The molecule has 0 bridgehead atoms. The molecule has 0 amide bonds. The highest BCUT2D eigenvalue weighted by atomic mass is 35.5. The maximum absolute atomic E-state index is 11.5. The second kappa shape index (κ2) is 5.67. The smallest absolute Gasteiger partial charge is 0.268 e. The first kappa shape index (κ1) is 13.3. The van der Waals surface area contributed by atoms with Crippen LogP contribution in [0, 0.1) is 0 Å². The molecule has 0 radical (unpaired) electrons. The number of H-pyrrole nitrogens is 1. The maximum atomic E-state index is 11.5. The number of halogens is 1. The molecule has 0 aliphatic heterocycles. The lowest BCUT2D eigenvalue weighted by Crippen LogP contribution is -2.16. The van der Waals surface area contributed by atoms with Gasteiger partial charge in [-0.15, -0.1) is 5.10 Å². The number of rotatable bonds is 4. The molecule has 5 nitrogen and oxygen atoms in total. The number of ketones is 1. The second-order valence-corrected chi connectivity index (χ2v) is 4.43. The van der Waals surface area contributed by atoms with E-state index in [0.29, 0.717) is 16.3 Å². The van der Waals surface area contributed by atoms with Gasteiger partial charge in [-0.25, -0.2) is 5.10 Å². The Hall–Kier alpha value is -2.14. The fraction of sp³-hybridized carbons (Fsp3) is 0.154. The average molecular weight is 279 g/mol. The Labute approximate surface area is 114 Å². The van der Waals surface area contributed by atoms with E-state index in [4.69, 9.17) is 16.3 Å². The highest BCUT2D eigenvalue weighted by molar-refractivity contribution is 6.30. The number of carbonyl (C=O) groups excluding carboxylic acids is 1. The molecule has 0 saturated heterocycles. The highest BCUT2D eigenvalue weighted by Gasteiger charge is 2.07. The fourth-order valence-corrected chi connectivity index (χ4v) is 1.63. The molecule has 0 aliphatic carbocycles. The molecular weight excluding hydrogens is 268 g/mol. The Morgan fingerprint density at radius 3 is 2.68 bits per heavy atom. The van der Waals surface area contributed by atoms with E-state index < -0.39 is 5.56 Å². The van der Waals surface area contributed by atoms with Gasteiger partial charge in [0, 0.05) is 23.1 Å². The summed E-state index contributed by atoms with van der Waals surface area (Å²) >= 11 is 5.76. The van der Waals surface area contributed by atoms with E-state index in [2.05, 4.69) is 10.2 Å². The van der Waals surface area contributed by atoms with Crippen molar-refractivity contribution < 1.29 is 9.53 Å². The van der Waals surface area contributed by atoms with Crippen molar-refractivity contribution in [2.45, 2.75) is 13.3 Å². The van der Waals surface area contributed by atoms with E-state index in [1.54, 1.807) is 24.3 Å². The van der Waals surface area contributed by atoms with Gasteiger partial charge in [0.05, 0.1) is 0 Å². The van der Waals surface area contributed by atoms with Gasteiger partial charge in [0.25, 0.3) is 5.56 Å². The third-order valence-corrected chi connectivity index (χ3v) is 2.58. The normalized spacial score (nSPS) is 10.2. The average Bonchev–Trinajstić information content (AvgIpc) is 2.36. The molecule has 1 aromatic heterocycles. The van der Waals surface area contributed by atoms with E-state index in [1.165, 1.54) is 13.0 Å². The summed E-state index contributed by atoms with van der Waals surface area (Å²) in [4.78, 5) is 22.5. The molecule has 0 fully saturated rings. The van der Waals surface area contributed by atoms with Crippen LogP contribution < -0.4 is 10.3 Å². The Morgan fingerprint density at radius 1 is 1.37 bits per heavy atom. The first-order valence-electron chi connectivity index (χ1n) is 5.56. The molecule has 2 aromatic rings. The standard InChI is InChI=1S/C13H11ClN2O3/c1-8(17)6-9-7-12(15-16-13(9)18)19-11-4-2-10(14)3-5-11/h2-5,7H,6H2,1H3,(H,16,18). The molecule has 6 heteroatoms. The van der Waals surface area contributed by atoms with Crippen LogP contribution in [0.1, 0.15) is 12.5 Å². The maximum Gasteiger partial charge on any atom is 0.268 e. The number of aromatic nitrogens is 2. The van der Waals surface area contributed by atoms with Crippen LogP contribution in [0.15, 0.2) is 35.1 Å². The lowest BCUT2D eigenvalue weighted by atomic mass is 10.2. The molecule has 0 spiro atoms. The van der Waals surface area contributed by atoms with Crippen LogP contribution in [-0.4, -0.2) is 16.0 Å². The Balaban J connectivity index is 2.23. The largest absolute Gasteiger partial charge is 0.438 e. The van der Waals surface area contributed by atoms with E-state index in [1.807, 2.05) is 0 Å². The number of hydrogen-bond donors (Lipinski definition) is 1. The first-order valence-corrected chi connectivity index (χ1v) is 5.94. The van der Waals surface area contributed by atoms with E-state index in [9.17, 15) is 9.59 Å². The summed E-state index contributed by atoms with van der Waals surface area (Å²) in [5.74, 6) is 0.657. The molecule has 1 heterocycles. The number of nitrogens with zero attached hydrogens (tertiary/aromatic N) is 1. The van der Waals surface area contributed by atoms with E-state index in [-0.39, 0.29) is 18.1 Å². The monoisotopic (exact) mass is 278 g/mol. The fourth-order valence-electron chi connectivity index (χ4n) is 1.50. The Kier molecular flexibility index (Phi) is 3.97. The molecule has 19 heavy (non-hydrogen) atoms. The second-order valence-electron chi connectivity index (χ2n) is 4.00. The summed E-state index contributed by atoms with van der Waals surface area (Å²) in [5.41, 5.74) is -0.0647. The van der Waals surface area contributed by atoms with Gasteiger partial charge in [-0.1, -0.05) is 11.6 Å². The molecule has 1 N–H and O–H groups in total. The highest BCUT2D eigenvalue weighted by Crippen LogP contribution is 2.20. The minimum Gasteiger partial charge on any atom is -0.438 e. The number of nitrogens with one attached hydrogen (secondary N) is 1. The summed E-state index contributed by atoms with van der Waals surface area (Å²) in [6.45, 7) is 1.42. The van der Waals surface area contributed by atoms with Crippen molar-refractivity contribution in [3.8, 4) is 11.6 Å². The minimum atomic E-state index is -0.390. The molecule has 0 unspecified atom stereocenters. The molecule has 1 aromatic carbocycles. The van der Waals surface area contributed by atoms with Crippen molar-refractivity contribution >= 4 is 17.4 Å². The van der Waals surface area contributed by atoms with Crippen molar-refractivity contribution in [1.82, 2.24) is 10.2 Å². The number of carbonyl (C=O) groups is 1. The van der Waals surface area contributed by atoms with E-state index >= 15 is 0 Å². The number of Topliss-reactive ketones (excluding diaryl/α,β-unsaturated/α-hetero) is 1. The third kappa shape index (κ3) is 3.66. The van der Waals surface area contributed by atoms with Gasteiger partial charge in [-0.2, -0.15) is 0 Å². The molecule has 0 saturated carbocycles. The lowest BCUT2D eigenvalue weighted by Gasteiger charge is -2.05. The summed E-state index contributed by atoms with van der Waals surface area (Å²) in [6, 6.07) is 8.17. The number of aromatic amines is 1. The zero-order valence-electron chi connectivity index (χ0n) is 10.1. The molecule has 0 atom stereocenters. The van der Waals surface area contributed by atoms with Gasteiger partial charge in [0.1, 0.15) is 11.5 Å². The van der Waals surface area contributed by atoms with Crippen molar-refractivity contribution in [1.29, 1.82) is 0 Å². The number of benzene rings is 1. The van der Waals surface area contributed by atoms with Gasteiger partial charge < -0.3 is 4.74 Å². The minimum absolute atomic E-state index is 0.0504. The predicted octanol–water partition coefficient (Wildman–Crippen LogP) is 2.35. The molecular formula is C13H11ClN2O3. The Bertz CT molecular complexity index is 650. The van der Waals surface area contributed by atoms with Gasteiger partial charge >= 0.3 is 0 Å². The number of hydrogen-bond acceptors (Lipinski definition) is 4. The molecule has 98 valence electrons. The molecule has 2 rings (SSSR count). The van der Waals surface area contributed by atoms with E-state index in [0.717, 1.165) is 0 Å². The number of ether oxygens (including phenoxy) is 1. The van der Waals surface area contributed by atoms with Crippen LogP contribution in [0.4, 0.5) is 0 Å². The van der Waals surface area contributed by atoms with Crippen LogP contribution >= 0.6 is 11.6 Å². The van der Waals surface area contributed by atoms with Gasteiger partial charge in [-0.05, 0) is 31.2 Å². The summed E-state index contributed by atoms with van der Waals surface area (Å²) in [7, 11) is 0. The SMILES string of the molecule is CC(=O)Cc1cc(Oc2ccc(Cl)cc2)n[nH]c1=O. The van der Waals surface area contributed by atoms with Crippen LogP contribution in [0.3, 0.4) is 0 Å². The van der Waals surface area contributed by atoms with Crippen LogP contribution in [0.2, 0.25) is 5.02 Å². The van der Waals surface area contributed by atoms with Gasteiger partial charge in [0.15, 0.2) is 0 Å². The van der Waals surface area contributed by atoms with Gasteiger partial charge in [0.2, 0.25) is 5.88 Å². The lowest BCUT2D eigenvalue weighted by molar-refractivity contribution is -0.116. The van der Waals surface area contributed by atoms with Crippen molar-refractivity contribution in [3.05, 3.63) is 51.3 Å². The summed E-state index contributed by atoms with van der Waals surface area (Å²) in [6.07, 6.45) is 0.0504. The first-order chi connectivity index (χ1) is 9.04. The Morgan fingerprint density at radius 2 is 2.05 bits per heavy atom. The zero-order valence-corrected chi connectivity index (χ0v) is 10.9. The van der Waals surface area contributed by atoms with Gasteiger partial charge in [-0.3, -0.25) is 9.59 Å². The van der Waals surface area contributed by atoms with Crippen molar-refractivity contribution in [2.75, 3.05) is 0 Å². The quantitative estimate of drug-likeness (QED) is 0.932. The summed E-state index contributed by atoms with van der Waals surface area (Å²) < 4.78 is 5.46. The third-order valence-electron chi connectivity index (χ3n) is 2.33. The molecule has 0 aliphatic rings. The van der Waals surface area contributed by atoms with Crippen LogP contribution in [0.25, 0.3) is 0 Å². The summed E-state index contributed by atoms with van der Waals surface area (Å²) in [5, 5.41) is 6.65. The van der Waals surface area contributed by atoms with Crippen molar-refractivity contribution in [2.24, 2.45) is 0 Å². The predicted molar refractivity (Wildman–Crippen MR) is 70.8 cm³/mol. The van der Waals surface area contributed by atoms with Crippen LogP contribution in [0.5, 0.6) is 11.6 Å². The van der Waals surface area contributed by atoms with Crippen molar-refractivity contribution in [3.63, 3.8) is 0 Å². The zero-order chi connectivity index (χ0) is 13.8. The topological polar surface area (TPSA) is 72.0 Å². The van der Waals surface area contributed by atoms with Crippen LogP contribution in [-0.2, 0) is 11.2 Å².